The van der Waals surface area contributed by atoms with E-state index >= 15 is 0 Å². The third-order valence-electron chi connectivity index (χ3n) is 0.734. The number of terminal acetylenes is 1. The number of rotatable bonds is 0. The predicted octanol–water partition coefficient (Wildman–Crippen LogP) is 2.38. The summed E-state index contributed by atoms with van der Waals surface area (Å²) < 4.78 is 0.748. The summed E-state index contributed by atoms with van der Waals surface area (Å²) in [5.74, 6) is 2.47. The number of halogens is 1. The Morgan fingerprint density at radius 1 is 1.75 bits per heavy atom. The largest absolute Gasteiger partial charge is 0.131 e. The Bertz CT molecular complexity index is 219. The van der Waals surface area contributed by atoms with Crippen molar-refractivity contribution in [2.24, 2.45) is 0 Å². The predicted molar refractivity (Wildman–Crippen MR) is 37.3 cm³/mol. The standard InChI is InChI=1S/C6H3ClS/c1-2-5-3-6(7)8-4-5/h1,3-4H. The van der Waals surface area contributed by atoms with Crippen molar-refractivity contribution in [1.29, 1.82) is 0 Å². The molecule has 0 saturated carbocycles. The molecule has 0 spiro atoms. The van der Waals surface area contributed by atoms with Gasteiger partial charge in [-0.3, -0.25) is 0 Å². The summed E-state index contributed by atoms with van der Waals surface area (Å²) in [5.41, 5.74) is 0.861. The Labute approximate surface area is 57.1 Å². The molecule has 0 fully saturated rings. The Morgan fingerprint density at radius 3 is 2.75 bits per heavy atom. The molecule has 8 heavy (non-hydrogen) atoms. The van der Waals surface area contributed by atoms with Gasteiger partial charge in [0.15, 0.2) is 0 Å². The van der Waals surface area contributed by atoms with Gasteiger partial charge in [0, 0.05) is 10.9 Å². The molecule has 0 aliphatic carbocycles. The molecular weight excluding hydrogens is 140 g/mol. The second kappa shape index (κ2) is 2.21. The van der Waals surface area contributed by atoms with Gasteiger partial charge < -0.3 is 0 Å². The molecule has 0 atom stereocenters. The zero-order valence-corrected chi connectivity index (χ0v) is 5.59. The summed E-state index contributed by atoms with van der Waals surface area (Å²) in [4.78, 5) is 0. The van der Waals surface area contributed by atoms with Crippen LogP contribution in [0.2, 0.25) is 4.34 Å². The van der Waals surface area contributed by atoms with E-state index in [1.807, 2.05) is 5.38 Å². The summed E-state index contributed by atoms with van der Waals surface area (Å²) in [6, 6.07) is 1.77. The molecule has 0 bridgehead atoms. The average molecular weight is 143 g/mol. The van der Waals surface area contributed by atoms with Crippen LogP contribution in [0.1, 0.15) is 5.56 Å². The smallest absolute Gasteiger partial charge is 0.0941 e. The van der Waals surface area contributed by atoms with Crippen LogP contribution in [0.5, 0.6) is 0 Å². The third kappa shape index (κ3) is 1.03. The van der Waals surface area contributed by atoms with Crippen molar-refractivity contribution in [2.45, 2.75) is 0 Å². The van der Waals surface area contributed by atoms with Crippen LogP contribution in [0.15, 0.2) is 11.4 Å². The fourth-order valence-corrected chi connectivity index (χ4v) is 1.21. The summed E-state index contributed by atoms with van der Waals surface area (Å²) in [7, 11) is 0. The molecule has 0 aromatic carbocycles. The fourth-order valence-electron chi connectivity index (χ4n) is 0.386. The van der Waals surface area contributed by atoms with Gasteiger partial charge >= 0.3 is 0 Å². The highest BCUT2D eigenvalue weighted by molar-refractivity contribution is 7.14. The maximum atomic E-state index is 5.56. The van der Waals surface area contributed by atoms with Crippen LogP contribution in [-0.2, 0) is 0 Å². The van der Waals surface area contributed by atoms with Gasteiger partial charge in [-0.25, -0.2) is 0 Å². The Kier molecular flexibility index (Phi) is 1.57. The van der Waals surface area contributed by atoms with E-state index in [1.165, 1.54) is 11.3 Å². The van der Waals surface area contributed by atoms with Crippen molar-refractivity contribution < 1.29 is 0 Å². The minimum absolute atomic E-state index is 0.748. The van der Waals surface area contributed by atoms with Crippen molar-refractivity contribution in [3.63, 3.8) is 0 Å². The van der Waals surface area contributed by atoms with Crippen LogP contribution >= 0.6 is 22.9 Å². The molecule has 1 aromatic heterocycles. The van der Waals surface area contributed by atoms with Crippen molar-refractivity contribution in [2.75, 3.05) is 0 Å². The quantitative estimate of drug-likeness (QED) is 0.488. The second-order valence-electron chi connectivity index (χ2n) is 1.28. The molecule has 0 saturated heterocycles. The zero-order chi connectivity index (χ0) is 5.98. The van der Waals surface area contributed by atoms with E-state index in [0.29, 0.717) is 0 Å². The van der Waals surface area contributed by atoms with Gasteiger partial charge in [0.1, 0.15) is 0 Å². The molecule has 1 heterocycles. The first-order valence-corrected chi connectivity index (χ1v) is 3.29. The van der Waals surface area contributed by atoms with E-state index in [4.69, 9.17) is 18.0 Å². The summed E-state index contributed by atoms with van der Waals surface area (Å²) in [5, 5.41) is 1.85. The van der Waals surface area contributed by atoms with Crippen LogP contribution in [0.4, 0.5) is 0 Å². The van der Waals surface area contributed by atoms with E-state index in [0.717, 1.165) is 9.90 Å². The molecule has 0 aliphatic rings. The summed E-state index contributed by atoms with van der Waals surface area (Å²) in [6.45, 7) is 0. The highest BCUT2D eigenvalue weighted by Gasteiger charge is 1.89. The van der Waals surface area contributed by atoms with Gasteiger partial charge in [0.2, 0.25) is 0 Å². The third-order valence-corrected chi connectivity index (χ3v) is 1.83. The maximum Gasteiger partial charge on any atom is 0.0941 e. The molecule has 0 aliphatic heterocycles. The van der Waals surface area contributed by atoms with Crippen LogP contribution in [0.3, 0.4) is 0 Å². The van der Waals surface area contributed by atoms with E-state index in [2.05, 4.69) is 5.92 Å². The second-order valence-corrected chi connectivity index (χ2v) is 2.83. The van der Waals surface area contributed by atoms with Gasteiger partial charge in [-0.05, 0) is 6.07 Å². The molecule has 0 N–H and O–H groups in total. The number of thiophene rings is 1. The topological polar surface area (TPSA) is 0 Å². The van der Waals surface area contributed by atoms with Crippen LogP contribution in [-0.4, -0.2) is 0 Å². The lowest BCUT2D eigenvalue weighted by Crippen LogP contribution is -1.55. The normalized spacial score (nSPS) is 8.50. The van der Waals surface area contributed by atoms with E-state index in [9.17, 15) is 0 Å². The van der Waals surface area contributed by atoms with Gasteiger partial charge in [0.05, 0.1) is 4.34 Å². The average Bonchev–Trinajstić information content (AvgIpc) is 2.14. The van der Waals surface area contributed by atoms with Crippen molar-refractivity contribution in [3.8, 4) is 12.3 Å². The van der Waals surface area contributed by atoms with E-state index < -0.39 is 0 Å². The molecular formula is C6H3ClS. The Balaban J connectivity index is 3.05. The minimum Gasteiger partial charge on any atom is -0.131 e. The lowest BCUT2D eigenvalue weighted by Gasteiger charge is -1.68. The first kappa shape index (κ1) is 5.68. The zero-order valence-electron chi connectivity index (χ0n) is 4.02. The maximum absolute atomic E-state index is 5.56. The first-order valence-electron chi connectivity index (χ1n) is 2.03. The molecule has 2 heteroatoms. The molecule has 1 rings (SSSR count). The summed E-state index contributed by atoms with van der Waals surface area (Å²) >= 11 is 7.01. The molecule has 40 valence electrons. The van der Waals surface area contributed by atoms with Gasteiger partial charge in [0.25, 0.3) is 0 Å². The van der Waals surface area contributed by atoms with Crippen molar-refractivity contribution in [1.82, 2.24) is 0 Å². The monoisotopic (exact) mass is 142 g/mol. The van der Waals surface area contributed by atoms with Gasteiger partial charge in [-0.15, -0.1) is 17.8 Å². The highest BCUT2D eigenvalue weighted by atomic mass is 35.5. The Morgan fingerprint density at radius 2 is 2.50 bits per heavy atom. The number of hydrogen-bond donors (Lipinski definition) is 0. The van der Waals surface area contributed by atoms with Crippen molar-refractivity contribution >= 4 is 22.9 Å². The van der Waals surface area contributed by atoms with Gasteiger partial charge in [-0.1, -0.05) is 17.5 Å². The molecule has 0 nitrogen and oxygen atoms in total. The molecule has 0 radical (unpaired) electrons. The lowest BCUT2D eigenvalue weighted by atomic mass is 10.4. The van der Waals surface area contributed by atoms with E-state index in [1.54, 1.807) is 6.07 Å². The molecule has 0 amide bonds. The summed E-state index contributed by atoms with van der Waals surface area (Å²) in [6.07, 6.45) is 5.06. The van der Waals surface area contributed by atoms with Crippen LogP contribution in [0, 0.1) is 12.3 Å². The van der Waals surface area contributed by atoms with Gasteiger partial charge in [-0.2, -0.15) is 0 Å². The lowest BCUT2D eigenvalue weighted by molar-refractivity contribution is 1.87. The number of hydrogen-bond acceptors (Lipinski definition) is 1. The SMILES string of the molecule is C#Cc1csc(Cl)c1. The van der Waals surface area contributed by atoms with Crippen molar-refractivity contribution in [3.05, 3.63) is 21.3 Å². The highest BCUT2D eigenvalue weighted by Crippen LogP contribution is 2.18. The minimum atomic E-state index is 0.748. The first-order chi connectivity index (χ1) is 3.83. The van der Waals surface area contributed by atoms with Crippen LogP contribution in [0.25, 0.3) is 0 Å². The molecule has 0 unspecified atom stereocenters. The fraction of sp³-hybridized carbons (Fsp3) is 0. The van der Waals surface area contributed by atoms with E-state index in [-0.39, 0.29) is 0 Å². The Hall–Kier alpha value is -0.450. The van der Waals surface area contributed by atoms with Crippen LogP contribution < -0.4 is 0 Å². The molecule has 1 aromatic rings.